The Morgan fingerprint density at radius 2 is 2.30 bits per heavy atom. The van der Waals surface area contributed by atoms with Gasteiger partial charge in [0.05, 0.1) is 12.3 Å². The number of rotatable bonds is 6. The van der Waals surface area contributed by atoms with Crippen molar-refractivity contribution in [1.82, 2.24) is 15.0 Å². The number of ether oxygens (including phenoxy) is 1. The van der Waals surface area contributed by atoms with Crippen LogP contribution >= 0.6 is 11.3 Å². The molecular formula is C14H19N3O2S. The predicted octanol–water partition coefficient (Wildman–Crippen LogP) is 2.88. The lowest BCUT2D eigenvalue weighted by Gasteiger charge is -2.10. The van der Waals surface area contributed by atoms with Gasteiger partial charge in [-0.15, -0.1) is 16.4 Å². The van der Waals surface area contributed by atoms with E-state index in [4.69, 9.17) is 4.74 Å². The summed E-state index contributed by atoms with van der Waals surface area (Å²) in [6.45, 7) is 6.92. The molecule has 20 heavy (non-hydrogen) atoms. The molecule has 0 bridgehead atoms. The van der Waals surface area contributed by atoms with Gasteiger partial charge in [0.1, 0.15) is 0 Å². The molecule has 0 N–H and O–H groups in total. The summed E-state index contributed by atoms with van der Waals surface area (Å²) in [6.07, 6.45) is 0.892. The molecule has 0 unspecified atom stereocenters. The monoisotopic (exact) mass is 293 g/mol. The van der Waals surface area contributed by atoms with Gasteiger partial charge in [0, 0.05) is 17.8 Å². The van der Waals surface area contributed by atoms with Gasteiger partial charge in [-0.05, 0) is 24.3 Å². The van der Waals surface area contributed by atoms with E-state index in [0.29, 0.717) is 12.3 Å². The largest absolute Gasteiger partial charge is 0.461 e. The van der Waals surface area contributed by atoms with E-state index in [0.717, 1.165) is 18.7 Å². The molecular weight excluding hydrogens is 274 g/mol. The molecule has 0 atom stereocenters. The summed E-state index contributed by atoms with van der Waals surface area (Å²) in [5.74, 6) is -0.216. The highest BCUT2D eigenvalue weighted by molar-refractivity contribution is 7.09. The highest BCUT2D eigenvalue weighted by atomic mass is 32.1. The topological polar surface area (TPSA) is 57.0 Å². The summed E-state index contributed by atoms with van der Waals surface area (Å²) in [4.78, 5) is 13.2. The molecule has 2 heterocycles. The number of thiophene rings is 1. The van der Waals surface area contributed by atoms with E-state index in [1.165, 1.54) is 4.88 Å². The second kappa shape index (κ2) is 6.65. The molecule has 2 aromatic rings. The highest BCUT2D eigenvalue weighted by Crippen LogP contribution is 2.19. The molecule has 0 saturated heterocycles. The van der Waals surface area contributed by atoms with Gasteiger partial charge >= 0.3 is 5.97 Å². The van der Waals surface area contributed by atoms with Gasteiger partial charge < -0.3 is 4.74 Å². The quantitative estimate of drug-likeness (QED) is 0.768. The van der Waals surface area contributed by atoms with Crippen LogP contribution in [0.1, 0.15) is 47.7 Å². The van der Waals surface area contributed by atoms with Gasteiger partial charge in [-0.1, -0.05) is 25.1 Å². The van der Waals surface area contributed by atoms with E-state index in [1.807, 2.05) is 24.6 Å². The van der Waals surface area contributed by atoms with Crippen molar-refractivity contribution in [2.75, 3.05) is 6.61 Å². The van der Waals surface area contributed by atoms with Gasteiger partial charge in [0.15, 0.2) is 5.69 Å². The van der Waals surface area contributed by atoms with E-state index >= 15 is 0 Å². The summed E-state index contributed by atoms with van der Waals surface area (Å²) in [6, 6.07) is 4.14. The zero-order valence-electron chi connectivity index (χ0n) is 12.0. The van der Waals surface area contributed by atoms with Gasteiger partial charge in [-0.25, -0.2) is 9.48 Å². The van der Waals surface area contributed by atoms with E-state index < -0.39 is 5.97 Å². The first kappa shape index (κ1) is 14.7. The summed E-state index contributed by atoms with van der Waals surface area (Å²) >= 11 is 1.72. The first-order valence-electron chi connectivity index (χ1n) is 6.76. The first-order valence-corrected chi connectivity index (χ1v) is 7.64. The fourth-order valence-corrected chi connectivity index (χ4v) is 2.77. The molecule has 0 saturated carbocycles. The van der Waals surface area contributed by atoms with Crippen LogP contribution in [0.4, 0.5) is 0 Å². The number of carbonyl (C=O) groups is 1. The minimum Gasteiger partial charge on any atom is -0.461 e. The molecule has 0 aliphatic carbocycles. The lowest BCUT2D eigenvalue weighted by Crippen LogP contribution is -2.13. The fourth-order valence-electron chi connectivity index (χ4n) is 2.07. The molecule has 0 aliphatic rings. The van der Waals surface area contributed by atoms with Crippen LogP contribution in [0.15, 0.2) is 17.5 Å². The number of hydrogen-bond acceptors (Lipinski definition) is 5. The average molecular weight is 293 g/mol. The van der Waals surface area contributed by atoms with Gasteiger partial charge in [-0.3, -0.25) is 0 Å². The second-order valence-electron chi connectivity index (χ2n) is 4.75. The fraction of sp³-hybridized carbons (Fsp3) is 0.500. The molecule has 0 amide bonds. The number of esters is 1. The molecule has 0 aliphatic heterocycles. The molecule has 0 radical (unpaired) electrons. The third-order valence-electron chi connectivity index (χ3n) is 2.94. The maximum atomic E-state index is 11.9. The summed E-state index contributed by atoms with van der Waals surface area (Å²) in [5, 5.41) is 10.2. The number of carbonyl (C=O) groups excluding carboxylic acids is 1. The zero-order valence-corrected chi connectivity index (χ0v) is 12.8. The van der Waals surface area contributed by atoms with E-state index in [-0.39, 0.29) is 5.92 Å². The third kappa shape index (κ3) is 3.25. The van der Waals surface area contributed by atoms with Crippen LogP contribution in [0.5, 0.6) is 0 Å². The van der Waals surface area contributed by atoms with Crippen molar-refractivity contribution in [2.24, 2.45) is 0 Å². The summed E-state index contributed by atoms with van der Waals surface area (Å²) in [7, 11) is 0. The molecule has 0 aromatic carbocycles. The molecule has 6 heteroatoms. The molecule has 5 nitrogen and oxygen atoms in total. The number of aryl methyl sites for hydroxylation is 2. The highest BCUT2D eigenvalue weighted by Gasteiger charge is 2.22. The number of nitrogens with zero attached hydrogens (tertiary/aromatic N) is 3. The Bertz CT molecular complexity index is 561. The van der Waals surface area contributed by atoms with Crippen LogP contribution in [-0.4, -0.2) is 27.6 Å². The zero-order chi connectivity index (χ0) is 14.5. The number of aromatic nitrogens is 3. The van der Waals surface area contributed by atoms with Crippen LogP contribution in [0.3, 0.4) is 0 Å². The van der Waals surface area contributed by atoms with Crippen molar-refractivity contribution in [3.63, 3.8) is 0 Å². The van der Waals surface area contributed by atoms with Gasteiger partial charge in [0.2, 0.25) is 0 Å². The number of hydrogen-bond donors (Lipinski definition) is 0. The van der Waals surface area contributed by atoms with Crippen LogP contribution in [0, 0.1) is 0 Å². The Morgan fingerprint density at radius 1 is 1.50 bits per heavy atom. The van der Waals surface area contributed by atoms with Gasteiger partial charge in [0.25, 0.3) is 0 Å². The Hall–Kier alpha value is -1.69. The summed E-state index contributed by atoms with van der Waals surface area (Å²) < 4.78 is 6.85. The lowest BCUT2D eigenvalue weighted by atomic mass is 10.1. The predicted molar refractivity (Wildman–Crippen MR) is 78.1 cm³/mol. The molecule has 108 valence electrons. The van der Waals surface area contributed by atoms with Crippen LogP contribution in [0.2, 0.25) is 0 Å². The minimum atomic E-state index is -0.390. The SMILES string of the molecule is CCOC(=O)c1nnn(CCc2cccs2)c1C(C)C. The van der Waals surface area contributed by atoms with Crippen LogP contribution in [0.25, 0.3) is 0 Å². The molecule has 2 rings (SSSR count). The van der Waals surface area contributed by atoms with Crippen molar-refractivity contribution in [3.8, 4) is 0 Å². The third-order valence-corrected chi connectivity index (χ3v) is 3.88. The standard InChI is InChI=1S/C14H19N3O2S/c1-4-19-14(18)12-13(10(2)3)17(16-15-12)8-7-11-6-5-9-20-11/h5-6,9-10H,4,7-8H2,1-3H3. The van der Waals surface area contributed by atoms with Crippen molar-refractivity contribution in [1.29, 1.82) is 0 Å². The Kier molecular flexibility index (Phi) is 4.89. The lowest BCUT2D eigenvalue weighted by molar-refractivity contribution is 0.0517. The Labute approximate surface area is 122 Å². The Morgan fingerprint density at radius 3 is 2.90 bits per heavy atom. The van der Waals surface area contributed by atoms with Crippen molar-refractivity contribution in [3.05, 3.63) is 33.8 Å². The van der Waals surface area contributed by atoms with E-state index in [1.54, 1.807) is 18.3 Å². The average Bonchev–Trinajstić information content (AvgIpc) is 3.05. The first-order chi connectivity index (χ1) is 9.63. The normalized spacial score (nSPS) is 11.0. The Balaban J connectivity index is 2.18. The van der Waals surface area contributed by atoms with Crippen molar-refractivity contribution < 1.29 is 9.53 Å². The van der Waals surface area contributed by atoms with Crippen molar-refractivity contribution >= 4 is 17.3 Å². The van der Waals surface area contributed by atoms with Gasteiger partial charge in [-0.2, -0.15) is 0 Å². The summed E-state index contributed by atoms with van der Waals surface area (Å²) in [5.41, 5.74) is 1.19. The maximum absolute atomic E-state index is 11.9. The van der Waals surface area contributed by atoms with E-state index in [2.05, 4.69) is 21.8 Å². The van der Waals surface area contributed by atoms with Crippen LogP contribution < -0.4 is 0 Å². The minimum absolute atomic E-state index is 0.174. The van der Waals surface area contributed by atoms with Crippen molar-refractivity contribution in [2.45, 2.75) is 39.7 Å². The molecule has 0 fully saturated rings. The molecule has 0 spiro atoms. The van der Waals surface area contributed by atoms with E-state index in [9.17, 15) is 4.79 Å². The van der Waals surface area contributed by atoms with Crippen LogP contribution in [-0.2, 0) is 17.7 Å². The maximum Gasteiger partial charge on any atom is 0.360 e. The second-order valence-corrected chi connectivity index (χ2v) is 5.78. The smallest absolute Gasteiger partial charge is 0.360 e. The molecule has 2 aromatic heterocycles.